The monoisotopic (exact) mass is 323 g/mol. The molecular formula is C13H21N7O3. The van der Waals surface area contributed by atoms with Crippen LogP contribution in [0.4, 0.5) is 5.69 Å². The van der Waals surface area contributed by atoms with Crippen molar-refractivity contribution in [2.75, 3.05) is 18.0 Å². The van der Waals surface area contributed by atoms with Gasteiger partial charge in [-0.05, 0) is 12.1 Å². The number of hydrogen-bond acceptors (Lipinski definition) is 7. The molecule has 0 atom stereocenters. The van der Waals surface area contributed by atoms with Crippen molar-refractivity contribution in [2.45, 2.75) is 12.8 Å². The number of nitrogens with zero attached hydrogens (tertiary/aromatic N) is 4. The van der Waals surface area contributed by atoms with Crippen LogP contribution in [-0.4, -0.2) is 46.2 Å². The molecule has 0 fully saturated rings. The summed E-state index contributed by atoms with van der Waals surface area (Å²) in [5.74, 6) is 0.0957. The van der Waals surface area contributed by atoms with Gasteiger partial charge < -0.3 is 37.7 Å². The fraction of sp³-hybridized carbons (Fsp3) is 0.308. The van der Waals surface area contributed by atoms with Crippen molar-refractivity contribution >= 4 is 23.2 Å². The third kappa shape index (κ3) is 5.26. The molecule has 0 spiro atoms. The van der Waals surface area contributed by atoms with Gasteiger partial charge in [-0.3, -0.25) is 0 Å². The van der Waals surface area contributed by atoms with Crippen LogP contribution in [0, 0.1) is 0 Å². The van der Waals surface area contributed by atoms with Crippen molar-refractivity contribution in [1.29, 1.82) is 0 Å². The molecule has 0 saturated carbocycles. The highest BCUT2D eigenvalue weighted by atomic mass is 16.4. The summed E-state index contributed by atoms with van der Waals surface area (Å²) in [5.41, 5.74) is 17.9. The van der Waals surface area contributed by atoms with E-state index in [9.17, 15) is 0 Å². The first-order valence-electron chi connectivity index (χ1n) is 6.78. The number of benzene rings is 1. The summed E-state index contributed by atoms with van der Waals surface area (Å²) >= 11 is 0. The molecule has 9 N–H and O–H groups in total. The summed E-state index contributed by atoms with van der Waals surface area (Å²) in [6, 6.07) is 7.03. The second-order valence-corrected chi connectivity index (χ2v) is 4.67. The smallest absolute Gasteiger partial charge is 0.172 e. The number of amidine groups is 3. The Balaban J connectivity index is 3.07. The molecule has 0 radical (unpaired) electrons. The van der Waals surface area contributed by atoms with E-state index in [1.54, 1.807) is 24.3 Å². The predicted molar refractivity (Wildman–Crippen MR) is 87.2 cm³/mol. The Kier molecular flexibility index (Phi) is 6.98. The van der Waals surface area contributed by atoms with Crippen LogP contribution in [0.1, 0.15) is 18.4 Å². The van der Waals surface area contributed by atoms with Gasteiger partial charge >= 0.3 is 0 Å². The summed E-state index contributed by atoms with van der Waals surface area (Å²) in [6.07, 6.45) is 0.578. The third-order valence-corrected chi connectivity index (χ3v) is 3.16. The van der Waals surface area contributed by atoms with Crippen molar-refractivity contribution < 1.29 is 15.6 Å². The zero-order valence-electron chi connectivity index (χ0n) is 12.5. The molecule has 0 aliphatic rings. The number of para-hydroxylation sites is 1. The van der Waals surface area contributed by atoms with Crippen molar-refractivity contribution in [3.05, 3.63) is 29.8 Å². The van der Waals surface area contributed by atoms with Crippen molar-refractivity contribution in [3.8, 4) is 0 Å². The maximum absolute atomic E-state index is 8.91. The Hall–Kier alpha value is -3.17. The lowest BCUT2D eigenvalue weighted by Gasteiger charge is -2.26. The van der Waals surface area contributed by atoms with Gasteiger partial charge in [-0.15, -0.1) is 0 Å². The van der Waals surface area contributed by atoms with Gasteiger partial charge in [-0.2, -0.15) is 0 Å². The van der Waals surface area contributed by atoms with Crippen molar-refractivity contribution in [3.63, 3.8) is 0 Å². The summed E-state index contributed by atoms with van der Waals surface area (Å²) in [4.78, 5) is 1.85. The second-order valence-electron chi connectivity index (χ2n) is 4.67. The van der Waals surface area contributed by atoms with Gasteiger partial charge in [0.25, 0.3) is 0 Å². The van der Waals surface area contributed by atoms with Crippen LogP contribution >= 0.6 is 0 Å². The molecule has 23 heavy (non-hydrogen) atoms. The van der Waals surface area contributed by atoms with E-state index >= 15 is 0 Å². The second kappa shape index (κ2) is 8.97. The molecule has 0 unspecified atom stereocenters. The molecule has 0 aromatic heterocycles. The first-order valence-corrected chi connectivity index (χ1v) is 6.78. The molecule has 0 aliphatic heterocycles. The number of nitrogens with two attached hydrogens (primary N) is 3. The Labute approximate surface area is 133 Å². The van der Waals surface area contributed by atoms with Crippen LogP contribution in [0.3, 0.4) is 0 Å². The molecule has 126 valence electrons. The van der Waals surface area contributed by atoms with E-state index < -0.39 is 0 Å². The molecule has 1 aromatic carbocycles. The molecule has 1 aromatic rings. The lowest BCUT2D eigenvalue weighted by atomic mass is 10.1. The van der Waals surface area contributed by atoms with Crippen LogP contribution in [-0.2, 0) is 0 Å². The van der Waals surface area contributed by atoms with Crippen LogP contribution in [0.25, 0.3) is 0 Å². The van der Waals surface area contributed by atoms with Crippen LogP contribution < -0.4 is 22.1 Å². The minimum absolute atomic E-state index is 0.0433. The first kappa shape index (κ1) is 17.9. The average Bonchev–Trinajstić information content (AvgIpc) is 2.60. The summed E-state index contributed by atoms with van der Waals surface area (Å²) < 4.78 is 0. The number of rotatable bonds is 8. The van der Waals surface area contributed by atoms with Crippen molar-refractivity contribution in [1.82, 2.24) is 0 Å². The maximum Gasteiger partial charge on any atom is 0.172 e. The fourth-order valence-corrected chi connectivity index (χ4v) is 1.97. The Morgan fingerprint density at radius 3 is 1.87 bits per heavy atom. The fourth-order valence-electron chi connectivity index (χ4n) is 1.97. The van der Waals surface area contributed by atoms with E-state index in [0.29, 0.717) is 24.3 Å². The molecule has 0 heterocycles. The molecule has 10 heteroatoms. The van der Waals surface area contributed by atoms with Crippen molar-refractivity contribution in [2.24, 2.45) is 32.7 Å². The highest BCUT2D eigenvalue weighted by Gasteiger charge is 2.14. The highest BCUT2D eigenvalue weighted by Crippen LogP contribution is 2.21. The normalized spacial score (nSPS) is 13.1. The summed E-state index contributed by atoms with van der Waals surface area (Å²) in [5, 5.41) is 35.1. The number of oxime groups is 3. The van der Waals surface area contributed by atoms with Gasteiger partial charge in [-0.25, -0.2) is 0 Å². The summed E-state index contributed by atoms with van der Waals surface area (Å²) in [6.45, 7) is 0.786. The van der Waals surface area contributed by atoms with Gasteiger partial charge in [0.15, 0.2) is 5.84 Å². The first-order chi connectivity index (χ1) is 11.0. The van der Waals surface area contributed by atoms with Gasteiger partial charge in [0.2, 0.25) is 0 Å². The highest BCUT2D eigenvalue weighted by molar-refractivity contribution is 6.02. The zero-order chi connectivity index (χ0) is 17.2. The SMILES string of the molecule is N/C(=N\O)c1ccccc1N(CC/C(N)=N\O)CC/C(N)=N\O. The van der Waals surface area contributed by atoms with E-state index in [0.717, 1.165) is 0 Å². The van der Waals surface area contributed by atoms with Gasteiger partial charge in [0.05, 0.1) is 0 Å². The molecule has 0 aliphatic carbocycles. The van der Waals surface area contributed by atoms with E-state index in [4.69, 9.17) is 32.8 Å². The predicted octanol–water partition coefficient (Wildman–Crippen LogP) is -0.139. The van der Waals surface area contributed by atoms with E-state index in [2.05, 4.69) is 15.5 Å². The van der Waals surface area contributed by atoms with Crippen LogP contribution in [0.2, 0.25) is 0 Å². The number of hydrogen-bond donors (Lipinski definition) is 6. The molecule has 0 bridgehead atoms. The minimum Gasteiger partial charge on any atom is -0.409 e. The molecule has 0 saturated heterocycles. The standard InChI is InChI=1S/C13H21N7O3/c14-11(17-21)5-7-20(8-6-12(15)18-22)10-4-2-1-3-9(10)13(16)19-23/h1-4,21-23H,5-8H2,(H2,14,17)(H2,15,18)(H2,16,19). The van der Waals surface area contributed by atoms with Gasteiger partial charge in [0.1, 0.15) is 11.7 Å². The topological polar surface area (TPSA) is 179 Å². The molecule has 1 rings (SSSR count). The zero-order valence-corrected chi connectivity index (χ0v) is 12.5. The van der Waals surface area contributed by atoms with E-state index in [1.165, 1.54) is 0 Å². The van der Waals surface area contributed by atoms with Crippen LogP contribution in [0.5, 0.6) is 0 Å². The molecular weight excluding hydrogens is 302 g/mol. The Morgan fingerprint density at radius 1 is 0.870 bits per heavy atom. The molecule has 10 nitrogen and oxygen atoms in total. The van der Waals surface area contributed by atoms with Crippen LogP contribution in [0.15, 0.2) is 39.7 Å². The Bertz CT molecular complexity index is 579. The Morgan fingerprint density at radius 2 is 1.39 bits per heavy atom. The maximum atomic E-state index is 8.91. The number of anilines is 1. The quantitative estimate of drug-likeness (QED) is 0.167. The minimum atomic E-state index is -0.0433. The largest absolute Gasteiger partial charge is 0.409 e. The van der Waals surface area contributed by atoms with E-state index in [-0.39, 0.29) is 30.3 Å². The average molecular weight is 323 g/mol. The van der Waals surface area contributed by atoms with Gasteiger partial charge in [0, 0.05) is 37.2 Å². The van der Waals surface area contributed by atoms with Gasteiger partial charge in [-0.1, -0.05) is 27.6 Å². The molecule has 0 amide bonds. The summed E-state index contributed by atoms with van der Waals surface area (Å²) in [7, 11) is 0. The lowest BCUT2D eigenvalue weighted by molar-refractivity contribution is 0.316. The third-order valence-electron chi connectivity index (χ3n) is 3.16. The van der Waals surface area contributed by atoms with E-state index in [1.807, 2.05) is 4.90 Å². The lowest BCUT2D eigenvalue weighted by Crippen LogP contribution is -2.33.